The van der Waals surface area contributed by atoms with Gasteiger partial charge in [-0.1, -0.05) is 74.1 Å². The van der Waals surface area contributed by atoms with Crippen molar-refractivity contribution in [2.75, 3.05) is 36.8 Å². The molecule has 0 aromatic heterocycles. The van der Waals surface area contributed by atoms with Gasteiger partial charge < -0.3 is 50.5 Å². The van der Waals surface area contributed by atoms with Crippen molar-refractivity contribution < 1.29 is 47.4 Å². The fourth-order valence-electron chi connectivity index (χ4n) is 6.02. The molecule has 0 radical (unpaired) electrons. The highest BCUT2D eigenvalue weighted by molar-refractivity contribution is 6.50. The van der Waals surface area contributed by atoms with Crippen LogP contribution < -0.4 is 31.9 Å². The number of carbonyl (C=O) groups is 6. The predicted octanol–water partition coefficient (Wildman–Crippen LogP) is 3.84. The van der Waals surface area contributed by atoms with Crippen LogP contribution in [-0.4, -0.2) is 100 Å². The molecule has 22 heteroatoms. The first-order chi connectivity index (χ1) is 27.5. The van der Waals surface area contributed by atoms with E-state index >= 15 is 0 Å². The van der Waals surface area contributed by atoms with Crippen LogP contribution in [-0.2, 0) is 47.4 Å². The molecule has 2 aromatic rings. The lowest BCUT2D eigenvalue weighted by atomic mass is 9.72. The molecule has 2 aliphatic rings. The van der Waals surface area contributed by atoms with Gasteiger partial charge in [-0.3, -0.25) is 28.8 Å². The number of nitrogens with one attached hydrogen (secondary N) is 6. The fourth-order valence-corrected chi connectivity index (χ4v) is 6.73. The van der Waals surface area contributed by atoms with Gasteiger partial charge in [-0.25, -0.2) is 0 Å². The van der Waals surface area contributed by atoms with Gasteiger partial charge in [0.1, 0.15) is 12.2 Å². The van der Waals surface area contributed by atoms with E-state index in [0.29, 0.717) is 44.3 Å². The number of anilines is 2. The SMILES string of the molecule is CC(C)C[C@H](NC(=O)CNc1cc(Cl)ccc1Cl)B1OC(=O)CC(C(=O)NCCNC(=O)C2CC(=O)OB([C@H](CC(C)C)NC(=O)CNc3cc(Cl)ccc3Cl)O2)O1. The minimum Gasteiger partial charge on any atom is -0.508 e. The molecule has 2 heterocycles. The van der Waals surface area contributed by atoms with E-state index < -0.39 is 73.9 Å². The van der Waals surface area contributed by atoms with E-state index in [9.17, 15) is 28.8 Å². The molecule has 2 unspecified atom stereocenters. The van der Waals surface area contributed by atoms with Gasteiger partial charge in [-0.15, -0.1) is 0 Å². The largest absolute Gasteiger partial charge is 0.551 e. The van der Waals surface area contributed by atoms with Gasteiger partial charge in [0.25, 0.3) is 11.9 Å². The van der Waals surface area contributed by atoms with Gasteiger partial charge >= 0.3 is 14.2 Å². The Balaban J connectivity index is 1.26. The van der Waals surface area contributed by atoms with E-state index in [1.807, 2.05) is 27.7 Å². The predicted molar refractivity (Wildman–Crippen MR) is 221 cm³/mol. The highest BCUT2D eigenvalue weighted by atomic mass is 35.5. The maximum atomic E-state index is 13.1. The lowest BCUT2D eigenvalue weighted by molar-refractivity contribution is -0.149. The molecule has 4 rings (SSSR count). The number of hydrogen-bond donors (Lipinski definition) is 6. The molecule has 314 valence electrons. The van der Waals surface area contributed by atoms with Crippen LogP contribution >= 0.6 is 46.4 Å². The van der Waals surface area contributed by atoms with E-state index in [1.165, 1.54) is 0 Å². The van der Waals surface area contributed by atoms with Crippen LogP contribution in [0.15, 0.2) is 36.4 Å². The minimum absolute atomic E-state index is 0.0497. The summed E-state index contributed by atoms with van der Waals surface area (Å²) in [6, 6.07) is 9.56. The number of halogens is 4. The monoisotopic (exact) mass is 884 g/mol. The van der Waals surface area contributed by atoms with E-state index in [2.05, 4.69) is 31.9 Å². The lowest BCUT2D eigenvalue weighted by Crippen LogP contribution is -2.58. The molecule has 2 aromatic carbocycles. The summed E-state index contributed by atoms with van der Waals surface area (Å²) in [5, 5.41) is 18.3. The molecule has 0 bridgehead atoms. The van der Waals surface area contributed by atoms with E-state index in [4.69, 9.17) is 65.0 Å². The van der Waals surface area contributed by atoms with Gasteiger partial charge in [0, 0.05) is 23.1 Å². The molecule has 4 atom stereocenters. The quantitative estimate of drug-likeness (QED) is 0.0879. The third-order valence-electron chi connectivity index (χ3n) is 8.64. The van der Waals surface area contributed by atoms with Crippen LogP contribution in [0.25, 0.3) is 0 Å². The number of rotatable bonds is 19. The van der Waals surface area contributed by atoms with Crippen molar-refractivity contribution in [3.8, 4) is 0 Å². The van der Waals surface area contributed by atoms with Gasteiger partial charge in [0.15, 0.2) is 0 Å². The Bertz CT molecular complexity index is 1690. The first-order valence-electron chi connectivity index (χ1n) is 18.7. The minimum atomic E-state index is -1.25. The summed E-state index contributed by atoms with van der Waals surface area (Å²) in [6.45, 7) is 7.17. The fraction of sp³-hybridized carbons (Fsp3) is 0.500. The zero-order valence-corrected chi connectivity index (χ0v) is 35.4. The van der Waals surface area contributed by atoms with Crippen LogP contribution in [0.4, 0.5) is 11.4 Å². The van der Waals surface area contributed by atoms with Gasteiger partial charge in [-0.05, 0) is 61.1 Å². The standard InChI is InChI=1S/C36H46B2Cl4N6O10/c1-19(2)11-29(47-31(49)17-45-25-13-21(39)5-7-23(25)41)37-55-27(15-33(51)57-37)35(53)43-9-10-44-36(54)28-16-34(52)58-38(56-28)30(12-20(3)4)48-32(50)18-46-26-14-22(40)6-8-24(26)42/h5-8,13-14,19-20,27-30,45-46H,9-12,15-18H2,1-4H3,(H,43,53)(H,44,54)(H,47,49)(H,48,50)/t27?,28?,29-,30-/m0/s1. The highest BCUT2D eigenvalue weighted by Gasteiger charge is 2.45. The van der Waals surface area contributed by atoms with Crippen LogP contribution in [0.1, 0.15) is 53.4 Å². The molecular weight excluding hydrogens is 840 g/mol. The smallest absolute Gasteiger partial charge is 0.508 e. The second-order valence-corrected chi connectivity index (χ2v) is 16.2. The van der Waals surface area contributed by atoms with Gasteiger partial charge in [0.05, 0.1) is 59.2 Å². The van der Waals surface area contributed by atoms with Crippen LogP contribution in [0.2, 0.25) is 20.1 Å². The summed E-state index contributed by atoms with van der Waals surface area (Å²) in [4.78, 5) is 77.2. The molecule has 6 N–H and O–H groups in total. The van der Waals surface area contributed by atoms with Crippen molar-refractivity contribution in [1.82, 2.24) is 21.3 Å². The molecular formula is C36H46B2Cl4N6O10. The Labute approximate surface area is 357 Å². The molecule has 2 saturated heterocycles. The third kappa shape index (κ3) is 15.0. The molecule has 16 nitrogen and oxygen atoms in total. The first kappa shape index (κ1) is 46.8. The van der Waals surface area contributed by atoms with Crippen molar-refractivity contribution in [3.63, 3.8) is 0 Å². The zero-order chi connectivity index (χ0) is 42.5. The summed E-state index contributed by atoms with van der Waals surface area (Å²) in [6.07, 6.45) is -2.49. The highest BCUT2D eigenvalue weighted by Crippen LogP contribution is 2.27. The second-order valence-electron chi connectivity index (χ2n) is 14.5. The molecule has 0 spiro atoms. The Hall–Kier alpha value is -3.93. The number of benzene rings is 2. The van der Waals surface area contributed by atoms with E-state index in [0.717, 1.165) is 0 Å². The normalized spacial score (nSPS) is 17.8. The molecule has 58 heavy (non-hydrogen) atoms. The summed E-state index contributed by atoms with van der Waals surface area (Å²) in [5.74, 6) is -5.03. The number of amides is 4. The summed E-state index contributed by atoms with van der Waals surface area (Å²) < 4.78 is 22.6. The zero-order valence-electron chi connectivity index (χ0n) is 32.3. The van der Waals surface area contributed by atoms with Crippen molar-refractivity contribution in [3.05, 3.63) is 56.5 Å². The van der Waals surface area contributed by atoms with E-state index in [1.54, 1.807) is 36.4 Å². The summed E-state index contributed by atoms with van der Waals surface area (Å²) >= 11 is 24.4. The Kier molecular flexibility index (Phi) is 18.1. The lowest BCUT2D eigenvalue weighted by Gasteiger charge is -2.32. The van der Waals surface area contributed by atoms with Crippen molar-refractivity contribution in [2.45, 2.75) is 77.5 Å². The molecule has 0 aliphatic carbocycles. The van der Waals surface area contributed by atoms with Gasteiger partial charge in [0.2, 0.25) is 23.6 Å². The van der Waals surface area contributed by atoms with Crippen LogP contribution in [0, 0.1) is 11.8 Å². The number of hydrogen-bond acceptors (Lipinski definition) is 12. The van der Waals surface area contributed by atoms with E-state index in [-0.39, 0.29) is 50.9 Å². The number of carbonyl (C=O) groups excluding carboxylic acids is 6. The third-order valence-corrected chi connectivity index (χ3v) is 9.77. The topological polar surface area (TPSA) is 212 Å². The van der Waals surface area contributed by atoms with Crippen LogP contribution in [0.5, 0.6) is 0 Å². The molecule has 0 saturated carbocycles. The average Bonchev–Trinajstić information content (AvgIpc) is 3.15. The van der Waals surface area contributed by atoms with Crippen molar-refractivity contribution in [2.24, 2.45) is 11.8 Å². The average molecular weight is 886 g/mol. The molecule has 2 aliphatic heterocycles. The summed E-state index contributed by atoms with van der Waals surface area (Å²) in [7, 11) is -2.51. The van der Waals surface area contributed by atoms with Crippen LogP contribution in [0.3, 0.4) is 0 Å². The summed E-state index contributed by atoms with van der Waals surface area (Å²) in [5.41, 5.74) is 0.914. The Morgan fingerprint density at radius 1 is 0.655 bits per heavy atom. The molecule has 2 fully saturated rings. The van der Waals surface area contributed by atoms with Crippen molar-refractivity contribution in [1.29, 1.82) is 0 Å². The maximum absolute atomic E-state index is 13.1. The van der Waals surface area contributed by atoms with Gasteiger partial charge in [-0.2, -0.15) is 0 Å². The second kappa shape index (κ2) is 22.4. The maximum Gasteiger partial charge on any atom is 0.551 e. The Morgan fingerprint density at radius 2 is 1.03 bits per heavy atom. The first-order valence-corrected chi connectivity index (χ1v) is 20.2. The Morgan fingerprint density at radius 3 is 1.40 bits per heavy atom. The van der Waals surface area contributed by atoms with Crippen molar-refractivity contribution >= 4 is 108 Å². The molecule has 4 amide bonds.